The molecule has 5 rings (SSSR count). The molecule has 10 heteroatoms. The van der Waals surface area contributed by atoms with Crippen LogP contribution in [0.5, 0.6) is 0 Å². The lowest BCUT2D eigenvalue weighted by atomic mass is 10.2. The number of hydrogen-bond donors (Lipinski definition) is 2. The normalized spacial score (nSPS) is 12.5. The van der Waals surface area contributed by atoms with Crippen LogP contribution >= 0.6 is 0 Å². The predicted octanol–water partition coefficient (Wildman–Crippen LogP) is 3.55. The van der Waals surface area contributed by atoms with Crippen molar-refractivity contribution in [1.82, 2.24) is 24.3 Å². The topological polar surface area (TPSA) is 104 Å². The third kappa shape index (κ3) is 4.03. The number of nitrogens with zero attached hydrogens (tertiary/aromatic N) is 5. The lowest BCUT2D eigenvalue weighted by molar-refractivity contribution is -0.107. The Hall–Kier alpha value is -3.82. The number of carbonyl (C=O) groups excluding carboxylic acids is 1. The highest BCUT2D eigenvalue weighted by molar-refractivity contribution is 5.91. The monoisotopic (exact) mass is 439 g/mol. The average Bonchev–Trinajstić information content (AvgIpc) is 3.51. The highest BCUT2D eigenvalue weighted by Crippen LogP contribution is 2.36. The molecule has 166 valence electrons. The van der Waals surface area contributed by atoms with Gasteiger partial charge in [-0.3, -0.25) is 0 Å². The standard InChI is InChI=1S/C16H17N5.C6H6F2N2O/c1-18-10-5-7-11(8-6-10)21-13-4-2-3-12(13)14-15(21)16(17)20-9-19-14;7-6(8)10-4-5(1-2-11)3-9-10/h5-9,18H,2-4H2,1H3,(H2,17,19,20);2-4,6H,1H2. The minimum Gasteiger partial charge on any atom is -0.388 e. The van der Waals surface area contributed by atoms with Crippen LogP contribution < -0.4 is 11.1 Å². The van der Waals surface area contributed by atoms with Gasteiger partial charge in [0.1, 0.15) is 18.1 Å². The zero-order chi connectivity index (χ0) is 22.7. The first-order valence-electron chi connectivity index (χ1n) is 10.2. The lowest BCUT2D eigenvalue weighted by Crippen LogP contribution is -2.02. The number of halogens is 2. The maximum Gasteiger partial charge on any atom is 0.333 e. The van der Waals surface area contributed by atoms with Crippen molar-refractivity contribution >= 4 is 28.8 Å². The van der Waals surface area contributed by atoms with Crippen LogP contribution in [-0.4, -0.2) is 37.6 Å². The number of hydrogen-bond acceptors (Lipinski definition) is 6. The highest BCUT2D eigenvalue weighted by atomic mass is 19.3. The van der Waals surface area contributed by atoms with E-state index in [2.05, 4.69) is 49.2 Å². The molecule has 0 unspecified atom stereocenters. The number of nitrogens with one attached hydrogen (secondary N) is 1. The van der Waals surface area contributed by atoms with Gasteiger partial charge in [-0.2, -0.15) is 13.9 Å². The van der Waals surface area contributed by atoms with Crippen molar-refractivity contribution in [1.29, 1.82) is 0 Å². The van der Waals surface area contributed by atoms with E-state index in [9.17, 15) is 13.6 Å². The number of nitrogens with two attached hydrogens (primary N) is 1. The first-order chi connectivity index (χ1) is 15.5. The van der Waals surface area contributed by atoms with Crippen LogP contribution in [0.1, 0.15) is 29.8 Å². The summed E-state index contributed by atoms with van der Waals surface area (Å²) >= 11 is 0. The van der Waals surface area contributed by atoms with Gasteiger partial charge in [-0.25, -0.2) is 14.6 Å². The van der Waals surface area contributed by atoms with Crippen LogP contribution in [0.2, 0.25) is 0 Å². The molecule has 3 N–H and O–H groups in total. The summed E-state index contributed by atoms with van der Waals surface area (Å²) in [7, 11) is 1.92. The number of carbonyl (C=O) groups is 1. The number of nitrogen functional groups attached to an aromatic ring is 1. The summed E-state index contributed by atoms with van der Waals surface area (Å²) < 4.78 is 26.4. The third-order valence-corrected chi connectivity index (χ3v) is 5.41. The number of aromatic nitrogens is 5. The summed E-state index contributed by atoms with van der Waals surface area (Å²) in [5.41, 5.74) is 13.4. The summed E-state index contributed by atoms with van der Waals surface area (Å²) in [5.74, 6) is 0.548. The Morgan fingerprint density at radius 3 is 2.66 bits per heavy atom. The van der Waals surface area contributed by atoms with E-state index in [0.29, 0.717) is 22.3 Å². The van der Waals surface area contributed by atoms with Crippen LogP contribution in [0.25, 0.3) is 16.7 Å². The molecule has 0 spiro atoms. The number of rotatable bonds is 5. The van der Waals surface area contributed by atoms with Crippen LogP contribution in [0, 0.1) is 0 Å². The van der Waals surface area contributed by atoms with Crippen molar-refractivity contribution in [2.75, 3.05) is 18.1 Å². The van der Waals surface area contributed by atoms with Crippen molar-refractivity contribution in [3.05, 3.63) is 59.8 Å². The van der Waals surface area contributed by atoms with Crippen molar-refractivity contribution < 1.29 is 13.6 Å². The van der Waals surface area contributed by atoms with Gasteiger partial charge in [0.25, 0.3) is 0 Å². The molecule has 0 bridgehead atoms. The smallest absolute Gasteiger partial charge is 0.333 e. The van der Waals surface area contributed by atoms with E-state index in [4.69, 9.17) is 5.73 Å². The SMILES string of the molecule is CNc1ccc(-n2c3c(c4ncnc(N)c42)CCC3)cc1.O=CCc1cnn(C(F)F)c1. The van der Waals surface area contributed by atoms with E-state index in [-0.39, 0.29) is 6.42 Å². The maximum atomic E-state index is 11.8. The number of anilines is 2. The molecule has 0 saturated heterocycles. The van der Waals surface area contributed by atoms with Crippen molar-refractivity contribution in [2.45, 2.75) is 32.2 Å². The molecule has 0 aliphatic heterocycles. The summed E-state index contributed by atoms with van der Waals surface area (Å²) in [6.45, 7) is -2.63. The second-order valence-corrected chi connectivity index (χ2v) is 7.34. The van der Waals surface area contributed by atoms with Gasteiger partial charge in [0.15, 0.2) is 5.82 Å². The van der Waals surface area contributed by atoms with Gasteiger partial charge in [-0.1, -0.05) is 0 Å². The van der Waals surface area contributed by atoms with Crippen molar-refractivity contribution in [3.8, 4) is 5.69 Å². The van der Waals surface area contributed by atoms with E-state index in [0.717, 1.165) is 41.4 Å². The minimum atomic E-state index is -2.63. The van der Waals surface area contributed by atoms with Crippen LogP contribution in [0.3, 0.4) is 0 Å². The molecule has 1 aromatic carbocycles. The molecule has 0 radical (unpaired) electrons. The number of alkyl halides is 2. The van der Waals surface area contributed by atoms with Gasteiger partial charge in [-0.15, -0.1) is 0 Å². The molecular formula is C22H23F2N7O. The summed E-state index contributed by atoms with van der Waals surface area (Å²) in [6, 6.07) is 8.36. The Bertz CT molecular complexity index is 1230. The summed E-state index contributed by atoms with van der Waals surface area (Å²) in [4.78, 5) is 18.6. The van der Waals surface area contributed by atoms with Gasteiger partial charge in [-0.05, 0) is 54.7 Å². The van der Waals surface area contributed by atoms with Gasteiger partial charge in [0, 0.05) is 36.7 Å². The molecule has 0 atom stereocenters. The number of fused-ring (bicyclic) bond motifs is 3. The minimum absolute atomic E-state index is 0.132. The summed E-state index contributed by atoms with van der Waals surface area (Å²) in [5, 5.41) is 6.48. The van der Waals surface area contributed by atoms with Crippen LogP contribution in [0.15, 0.2) is 43.0 Å². The molecule has 0 fully saturated rings. The van der Waals surface area contributed by atoms with E-state index in [1.54, 1.807) is 6.33 Å². The second kappa shape index (κ2) is 9.13. The largest absolute Gasteiger partial charge is 0.388 e. The second-order valence-electron chi connectivity index (χ2n) is 7.34. The van der Waals surface area contributed by atoms with E-state index < -0.39 is 6.55 Å². The summed E-state index contributed by atoms with van der Waals surface area (Å²) in [6.07, 6.45) is 8.06. The van der Waals surface area contributed by atoms with Gasteiger partial charge in [0.2, 0.25) is 0 Å². The Labute approximate surface area is 183 Å². The molecule has 32 heavy (non-hydrogen) atoms. The fourth-order valence-electron chi connectivity index (χ4n) is 3.95. The molecule has 4 aromatic rings. The fourth-order valence-corrected chi connectivity index (χ4v) is 3.95. The third-order valence-electron chi connectivity index (χ3n) is 5.41. The fraction of sp³-hybridized carbons (Fsp3) is 0.273. The van der Waals surface area contributed by atoms with Gasteiger partial charge >= 0.3 is 6.55 Å². The molecule has 3 aromatic heterocycles. The average molecular weight is 439 g/mol. The van der Waals surface area contributed by atoms with Gasteiger partial charge in [0.05, 0.1) is 11.7 Å². The zero-order valence-electron chi connectivity index (χ0n) is 17.5. The first kappa shape index (κ1) is 21.4. The van der Waals surface area contributed by atoms with Crippen LogP contribution in [0.4, 0.5) is 20.3 Å². The Morgan fingerprint density at radius 2 is 2.00 bits per heavy atom. The number of benzene rings is 1. The molecule has 3 heterocycles. The van der Waals surface area contributed by atoms with Crippen LogP contribution in [-0.2, 0) is 24.1 Å². The molecule has 0 amide bonds. The van der Waals surface area contributed by atoms with Crippen molar-refractivity contribution in [3.63, 3.8) is 0 Å². The molecule has 8 nitrogen and oxygen atoms in total. The van der Waals surface area contributed by atoms with E-state index >= 15 is 0 Å². The van der Waals surface area contributed by atoms with E-state index in [1.165, 1.54) is 23.9 Å². The zero-order valence-corrected chi connectivity index (χ0v) is 17.5. The Morgan fingerprint density at radius 1 is 1.22 bits per heavy atom. The quantitative estimate of drug-likeness (QED) is 0.461. The van der Waals surface area contributed by atoms with Crippen molar-refractivity contribution in [2.24, 2.45) is 0 Å². The molecule has 0 saturated carbocycles. The maximum absolute atomic E-state index is 11.8. The van der Waals surface area contributed by atoms with E-state index in [1.807, 2.05) is 7.05 Å². The molecule has 1 aliphatic rings. The molecule has 1 aliphatic carbocycles. The predicted molar refractivity (Wildman–Crippen MR) is 118 cm³/mol. The number of aldehydes is 1. The molecular weight excluding hydrogens is 416 g/mol. The Kier molecular flexibility index (Phi) is 6.11. The lowest BCUT2D eigenvalue weighted by Gasteiger charge is -2.11. The van der Waals surface area contributed by atoms with Gasteiger partial charge < -0.3 is 20.4 Å². The highest BCUT2D eigenvalue weighted by Gasteiger charge is 2.24. The Balaban J connectivity index is 0.000000189. The number of aryl methyl sites for hydroxylation is 1. The first-order valence-corrected chi connectivity index (χ1v) is 10.2.